The smallest absolute Gasteiger partial charge is 0.234 e. The Morgan fingerprint density at radius 3 is 1.40 bits per heavy atom. The minimum absolute atomic E-state index is 0. The van der Waals surface area contributed by atoms with E-state index in [1.165, 1.54) is 0 Å². The summed E-state index contributed by atoms with van der Waals surface area (Å²) in [5.74, 6) is 0. The molecule has 0 aliphatic rings. The van der Waals surface area contributed by atoms with Crippen LogP contribution in [0.5, 0.6) is 0 Å². The zero-order chi connectivity index (χ0) is 3.58. The van der Waals surface area contributed by atoms with Crippen molar-refractivity contribution < 1.29 is 5.11 Å². The van der Waals surface area contributed by atoms with E-state index in [9.17, 15) is 5.11 Å². The van der Waals surface area contributed by atoms with Gasteiger partial charge in [0.05, 0.1) is 6.10 Å². The van der Waals surface area contributed by atoms with E-state index in [0.717, 1.165) is 0 Å². The summed E-state index contributed by atoms with van der Waals surface area (Å²) >= 11 is 0. The third-order valence-electron chi connectivity index (χ3n) is 0. The van der Waals surface area contributed by atoms with E-state index in [0.29, 0.717) is 0 Å². The molecule has 0 aromatic carbocycles. The molecule has 0 saturated carbocycles. The Morgan fingerprint density at radius 1 is 1.40 bits per heavy atom. The third-order valence-corrected chi connectivity index (χ3v) is 0. The summed E-state index contributed by atoms with van der Waals surface area (Å²) in [5.41, 5.74) is 0. The van der Waals surface area contributed by atoms with Crippen LogP contribution in [-0.4, -0.2) is 29.2 Å². The molecule has 0 heterocycles. The van der Waals surface area contributed by atoms with E-state index in [1.807, 2.05) is 0 Å². The van der Waals surface area contributed by atoms with Crippen LogP contribution in [0.25, 0.3) is 0 Å². The summed E-state index contributed by atoms with van der Waals surface area (Å²) in [5, 5.41) is 9.53. The predicted octanol–water partition coefficient (Wildman–Crippen LogP) is -0.0909. The van der Waals surface area contributed by atoms with Gasteiger partial charge in [0.25, 0.3) is 0 Å². The highest BCUT2D eigenvalue weighted by Gasteiger charge is 1.73. The van der Waals surface area contributed by atoms with Crippen LogP contribution in [0, 0.1) is 0 Å². The average Bonchev–Trinajstić information content (AvgIpc) is 0.811. The molecule has 29 valence electrons. The molecule has 0 aliphatic heterocycles. The third kappa shape index (κ3) is 66.6. The first kappa shape index (κ1) is 9.21. The van der Waals surface area contributed by atoms with Crippen molar-refractivity contribution in [3.05, 3.63) is 0 Å². The Hall–Kier alpha value is 0.726. The second-order valence-electron chi connectivity index (χ2n) is 1.05. The molecule has 2 heteroatoms. The molecule has 0 saturated heterocycles. The van der Waals surface area contributed by atoms with Crippen molar-refractivity contribution >= 4 is 23.1 Å². The Morgan fingerprint density at radius 2 is 1.40 bits per heavy atom. The van der Waals surface area contributed by atoms with Crippen molar-refractivity contribution in [2.24, 2.45) is 0 Å². The van der Waals surface area contributed by atoms with E-state index < -0.39 is 6.10 Å². The maximum Gasteiger partial charge on any atom is 0.316 e. The minimum Gasteiger partial charge on any atom is -0.234 e. The highest BCUT2D eigenvalue weighted by Crippen LogP contribution is 1.67. The summed E-state index contributed by atoms with van der Waals surface area (Å²) in [6.45, 7) is 3.22. The number of hydrogen-bond donors (Lipinski definition) is 0. The van der Waals surface area contributed by atoms with Gasteiger partial charge in [0.1, 0.15) is 0 Å². The molecule has 0 spiro atoms. The standard InChI is InChI=1S/C3H7O.Mg.2H/c1-3(2)4;;;/h3H,1-2H3;;;. The van der Waals surface area contributed by atoms with E-state index in [4.69, 9.17) is 0 Å². The molecule has 1 nitrogen and oxygen atoms in total. The molecule has 0 aliphatic carbocycles. The van der Waals surface area contributed by atoms with Crippen LogP contribution in [-0.2, 0) is 5.11 Å². The minimum atomic E-state index is -0.417. The molecule has 0 N–H and O–H groups in total. The predicted molar refractivity (Wildman–Crippen MR) is 24.4 cm³/mol. The Bertz CT molecular complexity index is 11.6. The van der Waals surface area contributed by atoms with E-state index in [2.05, 4.69) is 0 Å². The lowest BCUT2D eigenvalue weighted by atomic mass is 10.5. The molecule has 1 radical (unpaired) electrons. The number of hydrogen-bond acceptors (Lipinski definition) is 0. The summed E-state index contributed by atoms with van der Waals surface area (Å²) in [4.78, 5) is 0. The van der Waals surface area contributed by atoms with Crippen LogP contribution < -0.4 is 0 Å². The monoisotopic (exact) mass is 85.1 g/mol. The Kier molecular flexibility index (Phi) is 8.71. The van der Waals surface area contributed by atoms with Gasteiger partial charge in [-0.25, -0.2) is 5.11 Å². The van der Waals surface area contributed by atoms with Crippen LogP contribution >= 0.6 is 0 Å². The van der Waals surface area contributed by atoms with Crippen LogP contribution in [0.3, 0.4) is 0 Å². The van der Waals surface area contributed by atoms with Gasteiger partial charge < -0.3 is 0 Å². The first-order valence-corrected chi connectivity index (χ1v) is 1.39. The molecule has 0 atom stereocenters. The van der Waals surface area contributed by atoms with Crippen molar-refractivity contribution in [2.75, 3.05) is 0 Å². The lowest BCUT2D eigenvalue weighted by Gasteiger charge is -1.74. The lowest BCUT2D eigenvalue weighted by molar-refractivity contribution is 0.122. The molecule has 0 amide bonds. The van der Waals surface area contributed by atoms with Gasteiger partial charge in [-0.3, -0.25) is 0 Å². The van der Waals surface area contributed by atoms with Gasteiger partial charge in [-0.15, -0.1) is 0 Å². The van der Waals surface area contributed by atoms with Crippen LogP contribution in [0.15, 0.2) is 0 Å². The molecule has 0 unspecified atom stereocenters. The van der Waals surface area contributed by atoms with Crippen molar-refractivity contribution in [1.82, 2.24) is 0 Å². The van der Waals surface area contributed by atoms with Crippen LogP contribution in [0.4, 0.5) is 0 Å². The topological polar surface area (TPSA) is 19.9 Å². The van der Waals surface area contributed by atoms with Crippen molar-refractivity contribution in [2.45, 2.75) is 20.0 Å². The van der Waals surface area contributed by atoms with Crippen molar-refractivity contribution in [3.8, 4) is 0 Å². The Labute approximate surface area is 48.5 Å². The van der Waals surface area contributed by atoms with Gasteiger partial charge in [-0.05, 0) is 13.8 Å². The fourth-order valence-corrected chi connectivity index (χ4v) is 0. The van der Waals surface area contributed by atoms with Gasteiger partial charge in [0.2, 0.25) is 0 Å². The molecular formula is C3H9MgO. The summed E-state index contributed by atoms with van der Waals surface area (Å²) in [7, 11) is 0. The molecule has 0 aromatic heterocycles. The van der Waals surface area contributed by atoms with Crippen molar-refractivity contribution in [1.29, 1.82) is 0 Å². The Balaban J connectivity index is 0. The van der Waals surface area contributed by atoms with Gasteiger partial charge in [0.15, 0.2) is 0 Å². The summed E-state index contributed by atoms with van der Waals surface area (Å²) in [6.07, 6.45) is -0.417. The van der Waals surface area contributed by atoms with E-state index >= 15 is 0 Å². The van der Waals surface area contributed by atoms with Gasteiger partial charge >= 0.3 is 23.1 Å². The van der Waals surface area contributed by atoms with Gasteiger partial charge in [-0.2, -0.15) is 0 Å². The number of rotatable bonds is 0. The highest BCUT2D eigenvalue weighted by atomic mass is 24.3. The van der Waals surface area contributed by atoms with Gasteiger partial charge in [0, 0.05) is 0 Å². The average molecular weight is 85.4 g/mol. The molecule has 0 fully saturated rings. The van der Waals surface area contributed by atoms with Crippen LogP contribution in [0.2, 0.25) is 0 Å². The first-order valence-electron chi connectivity index (χ1n) is 1.39. The molecule has 0 aromatic rings. The second kappa shape index (κ2) is 4.73. The molecule has 0 bridgehead atoms. The van der Waals surface area contributed by atoms with Gasteiger partial charge in [-0.1, -0.05) is 0 Å². The molecule has 0 rings (SSSR count). The van der Waals surface area contributed by atoms with E-state index in [-0.39, 0.29) is 23.1 Å². The zero-order valence-electron chi connectivity index (χ0n) is 2.99. The second-order valence-corrected chi connectivity index (χ2v) is 1.05. The summed E-state index contributed by atoms with van der Waals surface area (Å²) < 4.78 is 0. The lowest BCUT2D eigenvalue weighted by Crippen LogP contribution is -1.81. The largest absolute Gasteiger partial charge is 0.316 e. The SMILES string of the molecule is CC(C)[O].[MgH2]. The fraction of sp³-hybridized carbons (Fsp3) is 1.00. The summed E-state index contributed by atoms with van der Waals surface area (Å²) in [6, 6.07) is 0. The fourth-order valence-electron chi connectivity index (χ4n) is 0. The van der Waals surface area contributed by atoms with E-state index in [1.54, 1.807) is 13.8 Å². The zero-order valence-corrected chi connectivity index (χ0v) is 2.99. The van der Waals surface area contributed by atoms with Crippen LogP contribution in [0.1, 0.15) is 13.8 Å². The maximum atomic E-state index is 9.53. The maximum absolute atomic E-state index is 9.53. The molecular weight excluding hydrogens is 76.3 g/mol. The normalized spacial score (nSPS) is 7.20. The van der Waals surface area contributed by atoms with Crippen molar-refractivity contribution in [3.63, 3.8) is 0 Å². The quantitative estimate of drug-likeness (QED) is 0.366. The first-order chi connectivity index (χ1) is 1.73. The highest BCUT2D eigenvalue weighted by molar-refractivity contribution is 5.75. The molecule has 5 heavy (non-hydrogen) atoms.